The maximum absolute atomic E-state index is 13.5. The number of rotatable bonds is 6. The van der Waals surface area contributed by atoms with E-state index >= 15 is 0 Å². The van der Waals surface area contributed by atoms with Gasteiger partial charge in [-0.25, -0.2) is 17.8 Å². The van der Waals surface area contributed by atoms with Gasteiger partial charge in [0, 0.05) is 22.5 Å². The van der Waals surface area contributed by atoms with Crippen molar-refractivity contribution in [2.45, 2.75) is 25.7 Å². The van der Waals surface area contributed by atoms with Crippen molar-refractivity contribution in [3.8, 4) is 11.5 Å². The lowest BCUT2D eigenvalue weighted by molar-refractivity contribution is 0.102. The Hall–Kier alpha value is -3.98. The summed E-state index contributed by atoms with van der Waals surface area (Å²) in [5.41, 5.74) is 2.94. The zero-order valence-corrected chi connectivity index (χ0v) is 19.5. The Labute approximate surface area is 196 Å². The molecule has 0 saturated heterocycles. The average molecular weight is 480 g/mol. The van der Waals surface area contributed by atoms with E-state index in [1.165, 1.54) is 43.3 Å². The number of carbonyl (C=O) groups is 1. The third-order valence-corrected chi connectivity index (χ3v) is 6.61. The van der Waals surface area contributed by atoms with Gasteiger partial charge in [0.05, 0.1) is 10.6 Å². The van der Waals surface area contributed by atoms with Crippen LogP contribution in [-0.2, 0) is 10.0 Å². The van der Waals surface area contributed by atoms with E-state index in [9.17, 15) is 17.6 Å². The highest BCUT2D eigenvalue weighted by molar-refractivity contribution is 7.92. The van der Waals surface area contributed by atoms with Crippen LogP contribution in [0.5, 0.6) is 0 Å². The molecule has 0 fully saturated rings. The molecule has 0 unspecified atom stereocenters. The summed E-state index contributed by atoms with van der Waals surface area (Å²) in [7, 11) is -3.90. The summed E-state index contributed by atoms with van der Waals surface area (Å²) in [6.45, 7) is 5.19. The quantitative estimate of drug-likeness (QED) is 0.382. The summed E-state index contributed by atoms with van der Waals surface area (Å²) in [4.78, 5) is 17.0. The Balaban J connectivity index is 1.46. The second-order valence-electron chi connectivity index (χ2n) is 7.79. The Kier molecular flexibility index (Phi) is 6.21. The summed E-state index contributed by atoms with van der Waals surface area (Å²) in [5, 5.41) is 2.81. The van der Waals surface area contributed by atoms with Crippen molar-refractivity contribution in [3.63, 3.8) is 0 Å². The number of carbonyl (C=O) groups excluding carboxylic acids is 1. The van der Waals surface area contributed by atoms with Gasteiger partial charge < -0.3 is 9.73 Å². The minimum Gasteiger partial charge on any atom is -0.441 e. The molecule has 0 spiro atoms. The van der Waals surface area contributed by atoms with Crippen molar-refractivity contribution >= 4 is 27.3 Å². The van der Waals surface area contributed by atoms with Gasteiger partial charge in [0.1, 0.15) is 11.6 Å². The second kappa shape index (κ2) is 9.11. The van der Waals surface area contributed by atoms with Crippen molar-refractivity contribution in [1.29, 1.82) is 0 Å². The van der Waals surface area contributed by atoms with Gasteiger partial charge in [-0.1, -0.05) is 6.07 Å². The normalized spacial score (nSPS) is 11.3. The Morgan fingerprint density at radius 2 is 1.68 bits per heavy atom. The number of nitrogens with zero attached hydrogens (tertiary/aromatic N) is 1. The zero-order chi connectivity index (χ0) is 24.5. The van der Waals surface area contributed by atoms with Gasteiger partial charge in [-0.05, 0) is 87.0 Å². The fourth-order valence-electron chi connectivity index (χ4n) is 3.22. The molecule has 0 aliphatic rings. The van der Waals surface area contributed by atoms with E-state index < -0.39 is 15.8 Å². The molecule has 1 aromatic heterocycles. The van der Waals surface area contributed by atoms with Gasteiger partial charge >= 0.3 is 0 Å². The largest absolute Gasteiger partial charge is 0.441 e. The van der Waals surface area contributed by atoms with Crippen LogP contribution < -0.4 is 10.0 Å². The number of hydrogen-bond acceptors (Lipinski definition) is 5. The van der Waals surface area contributed by atoms with E-state index in [2.05, 4.69) is 15.0 Å². The molecule has 1 heterocycles. The molecule has 0 aliphatic heterocycles. The molecule has 0 aliphatic carbocycles. The second-order valence-corrected chi connectivity index (χ2v) is 9.47. The Bertz CT molecular complexity index is 1460. The number of nitrogens with one attached hydrogen (secondary N) is 2. The standard InChI is InChI=1S/C25H22FN3O4S/c1-15-13-22(11-12-23(15)26)34(31,32)29-20-9-7-18(8-10-20)24(30)28-21-6-4-5-19(14-21)25-27-16(2)17(3)33-25/h4-14,29H,1-3H3,(H,28,30). The smallest absolute Gasteiger partial charge is 0.261 e. The molecule has 34 heavy (non-hydrogen) atoms. The van der Waals surface area contributed by atoms with Crippen LogP contribution in [0.15, 0.2) is 76.0 Å². The maximum atomic E-state index is 13.5. The van der Waals surface area contributed by atoms with Gasteiger partial charge in [-0.2, -0.15) is 0 Å². The van der Waals surface area contributed by atoms with Gasteiger partial charge in [0.25, 0.3) is 15.9 Å². The fourth-order valence-corrected chi connectivity index (χ4v) is 4.36. The summed E-state index contributed by atoms with van der Waals surface area (Å²) in [5.74, 6) is 0.361. The summed E-state index contributed by atoms with van der Waals surface area (Å²) in [6.07, 6.45) is 0. The van der Waals surface area contributed by atoms with E-state index in [1.807, 2.05) is 19.9 Å². The molecule has 2 N–H and O–H groups in total. The minimum atomic E-state index is -3.90. The van der Waals surface area contributed by atoms with Gasteiger partial charge in [0.15, 0.2) is 0 Å². The third kappa shape index (κ3) is 4.99. The minimum absolute atomic E-state index is 0.0514. The van der Waals surface area contributed by atoms with E-state index in [1.54, 1.807) is 18.2 Å². The number of benzene rings is 3. The van der Waals surface area contributed by atoms with Gasteiger partial charge in [-0.15, -0.1) is 0 Å². The molecule has 9 heteroatoms. The van der Waals surface area contributed by atoms with Gasteiger partial charge in [-0.3, -0.25) is 9.52 Å². The predicted molar refractivity (Wildman–Crippen MR) is 128 cm³/mol. The van der Waals surface area contributed by atoms with Crippen molar-refractivity contribution in [2.24, 2.45) is 0 Å². The van der Waals surface area contributed by atoms with Crippen LogP contribution in [0.25, 0.3) is 11.5 Å². The molecule has 0 saturated carbocycles. The molecule has 174 valence electrons. The van der Waals surface area contributed by atoms with E-state index in [4.69, 9.17) is 4.42 Å². The number of oxazole rings is 1. The average Bonchev–Trinajstić information content (AvgIpc) is 3.14. The summed E-state index contributed by atoms with van der Waals surface area (Å²) < 4.78 is 46.7. The van der Waals surface area contributed by atoms with Crippen molar-refractivity contribution in [2.75, 3.05) is 10.0 Å². The lowest BCUT2D eigenvalue weighted by Crippen LogP contribution is -2.14. The van der Waals surface area contributed by atoms with Crippen molar-refractivity contribution in [3.05, 3.63) is 95.1 Å². The molecule has 4 aromatic rings. The number of anilines is 2. The molecule has 1 amide bonds. The zero-order valence-electron chi connectivity index (χ0n) is 18.7. The first kappa shape index (κ1) is 23.2. The van der Waals surface area contributed by atoms with Crippen LogP contribution in [0.3, 0.4) is 0 Å². The first-order valence-electron chi connectivity index (χ1n) is 10.4. The molecule has 0 radical (unpaired) electrons. The monoisotopic (exact) mass is 479 g/mol. The highest BCUT2D eigenvalue weighted by Gasteiger charge is 2.16. The van der Waals surface area contributed by atoms with Crippen LogP contribution in [0.4, 0.5) is 15.8 Å². The highest BCUT2D eigenvalue weighted by atomic mass is 32.2. The Morgan fingerprint density at radius 1 is 0.941 bits per heavy atom. The first-order valence-corrected chi connectivity index (χ1v) is 11.9. The maximum Gasteiger partial charge on any atom is 0.261 e. The Morgan fingerprint density at radius 3 is 2.32 bits per heavy atom. The first-order chi connectivity index (χ1) is 16.1. The predicted octanol–water partition coefficient (Wildman–Crippen LogP) is 5.46. The number of amides is 1. The van der Waals surface area contributed by atoms with Crippen molar-refractivity contribution < 1.29 is 22.0 Å². The van der Waals surface area contributed by atoms with Crippen LogP contribution in [0.2, 0.25) is 0 Å². The molecule has 0 bridgehead atoms. The number of aromatic nitrogens is 1. The lowest BCUT2D eigenvalue weighted by Gasteiger charge is -2.10. The molecule has 4 rings (SSSR count). The summed E-state index contributed by atoms with van der Waals surface area (Å²) >= 11 is 0. The van der Waals surface area contributed by atoms with E-state index in [-0.39, 0.29) is 22.1 Å². The van der Waals surface area contributed by atoms with Crippen LogP contribution in [0, 0.1) is 26.6 Å². The summed E-state index contributed by atoms with van der Waals surface area (Å²) in [6, 6.07) is 16.7. The highest BCUT2D eigenvalue weighted by Crippen LogP contribution is 2.25. The lowest BCUT2D eigenvalue weighted by atomic mass is 10.1. The SMILES string of the molecule is Cc1cc(S(=O)(=O)Nc2ccc(C(=O)Nc3cccc(-c4nc(C)c(C)o4)c3)cc2)ccc1F. The van der Waals surface area contributed by atoms with Crippen LogP contribution >= 0.6 is 0 Å². The fraction of sp³-hybridized carbons (Fsp3) is 0.120. The number of halogens is 1. The van der Waals surface area contributed by atoms with Gasteiger partial charge in [0.2, 0.25) is 5.89 Å². The molecule has 3 aromatic carbocycles. The molecule has 7 nitrogen and oxygen atoms in total. The van der Waals surface area contributed by atoms with E-state index in [0.29, 0.717) is 17.1 Å². The molecule has 0 atom stereocenters. The van der Waals surface area contributed by atoms with E-state index in [0.717, 1.165) is 23.1 Å². The third-order valence-electron chi connectivity index (χ3n) is 5.23. The van der Waals surface area contributed by atoms with Crippen LogP contribution in [0.1, 0.15) is 27.4 Å². The number of hydrogen-bond donors (Lipinski definition) is 2. The van der Waals surface area contributed by atoms with Crippen LogP contribution in [-0.4, -0.2) is 19.3 Å². The number of aryl methyl sites for hydroxylation is 3. The molecular formula is C25H22FN3O4S. The number of sulfonamides is 1. The topological polar surface area (TPSA) is 101 Å². The van der Waals surface area contributed by atoms with Crippen molar-refractivity contribution in [1.82, 2.24) is 4.98 Å². The molecular weight excluding hydrogens is 457 g/mol.